The summed E-state index contributed by atoms with van der Waals surface area (Å²) < 4.78 is 0. The van der Waals surface area contributed by atoms with Crippen molar-refractivity contribution in [1.82, 2.24) is 10.3 Å². The smallest absolute Gasteiger partial charge is 0.161 e. The molecule has 1 heterocycles. The van der Waals surface area contributed by atoms with Gasteiger partial charge < -0.3 is 5.32 Å². The molecule has 1 aromatic rings. The Bertz CT molecular complexity index is 341. The van der Waals surface area contributed by atoms with Crippen LogP contribution in [0.1, 0.15) is 29.4 Å². The van der Waals surface area contributed by atoms with E-state index in [-0.39, 0.29) is 5.78 Å². The van der Waals surface area contributed by atoms with Gasteiger partial charge in [-0.2, -0.15) is 0 Å². The van der Waals surface area contributed by atoms with E-state index >= 15 is 0 Å². The summed E-state index contributed by atoms with van der Waals surface area (Å²) in [6, 6.07) is 3.65. The van der Waals surface area contributed by atoms with Crippen LogP contribution in [0.5, 0.6) is 0 Å². The van der Waals surface area contributed by atoms with Gasteiger partial charge >= 0.3 is 0 Å². The fourth-order valence-corrected chi connectivity index (χ4v) is 1.14. The molecule has 0 aliphatic heterocycles. The van der Waals surface area contributed by atoms with E-state index in [1.807, 2.05) is 19.2 Å². The number of nitrogens with one attached hydrogen (secondary N) is 1. The van der Waals surface area contributed by atoms with E-state index in [2.05, 4.69) is 16.4 Å². The molecule has 3 nitrogen and oxygen atoms in total. The molecule has 1 rings (SSSR count). The second kappa shape index (κ2) is 6.09. The molecule has 3 heteroatoms. The Hall–Kier alpha value is -1.48. The van der Waals surface area contributed by atoms with E-state index in [4.69, 9.17) is 0 Å². The SMILES string of the molecule is CNCCC=Cc1ccc(C(C)=O)cn1. The highest BCUT2D eigenvalue weighted by molar-refractivity contribution is 5.93. The fraction of sp³-hybridized carbons (Fsp3) is 0.333. The normalized spacial score (nSPS) is 10.8. The van der Waals surface area contributed by atoms with Crippen molar-refractivity contribution in [2.24, 2.45) is 0 Å². The van der Waals surface area contributed by atoms with Gasteiger partial charge in [-0.3, -0.25) is 9.78 Å². The molecule has 1 N–H and O–H groups in total. The molecule has 0 aliphatic carbocycles. The molecule has 0 fully saturated rings. The van der Waals surface area contributed by atoms with Gasteiger partial charge in [0.25, 0.3) is 0 Å². The van der Waals surface area contributed by atoms with Crippen LogP contribution in [0.25, 0.3) is 6.08 Å². The zero-order chi connectivity index (χ0) is 11.1. The third kappa shape index (κ3) is 4.04. The van der Waals surface area contributed by atoms with Crippen molar-refractivity contribution in [3.8, 4) is 0 Å². The average Bonchev–Trinajstić information content (AvgIpc) is 2.25. The molecule has 0 unspecified atom stereocenters. The van der Waals surface area contributed by atoms with E-state index in [0.717, 1.165) is 18.7 Å². The number of nitrogens with zero attached hydrogens (tertiary/aromatic N) is 1. The van der Waals surface area contributed by atoms with Gasteiger partial charge in [0, 0.05) is 11.8 Å². The van der Waals surface area contributed by atoms with Gasteiger partial charge in [-0.25, -0.2) is 0 Å². The summed E-state index contributed by atoms with van der Waals surface area (Å²) >= 11 is 0. The summed E-state index contributed by atoms with van der Waals surface area (Å²) in [5, 5.41) is 3.06. The van der Waals surface area contributed by atoms with Crippen molar-refractivity contribution < 1.29 is 4.79 Å². The number of Topliss-reactive ketones (excluding diaryl/α,β-unsaturated/α-hetero) is 1. The van der Waals surface area contributed by atoms with Crippen LogP contribution >= 0.6 is 0 Å². The van der Waals surface area contributed by atoms with Gasteiger partial charge in [0.15, 0.2) is 5.78 Å². The number of ketones is 1. The van der Waals surface area contributed by atoms with Crippen LogP contribution in [0.4, 0.5) is 0 Å². The number of carbonyl (C=O) groups is 1. The highest BCUT2D eigenvalue weighted by atomic mass is 16.1. The molecule has 0 bridgehead atoms. The van der Waals surface area contributed by atoms with Crippen molar-refractivity contribution in [2.45, 2.75) is 13.3 Å². The standard InChI is InChI=1S/C12H16N2O/c1-10(15)11-6-7-12(14-9-11)5-3-4-8-13-2/h3,5-7,9,13H,4,8H2,1-2H3. The Morgan fingerprint density at radius 1 is 1.53 bits per heavy atom. The van der Waals surface area contributed by atoms with Crippen molar-refractivity contribution in [3.05, 3.63) is 35.7 Å². The highest BCUT2D eigenvalue weighted by Gasteiger charge is 1.97. The summed E-state index contributed by atoms with van der Waals surface area (Å²) in [6.07, 6.45) is 6.61. The summed E-state index contributed by atoms with van der Waals surface area (Å²) in [5.74, 6) is 0.0493. The Balaban J connectivity index is 2.56. The first-order valence-electron chi connectivity index (χ1n) is 5.02. The van der Waals surface area contributed by atoms with Gasteiger partial charge in [0.1, 0.15) is 0 Å². The number of hydrogen-bond acceptors (Lipinski definition) is 3. The number of pyridine rings is 1. The van der Waals surface area contributed by atoms with Crippen LogP contribution in [-0.2, 0) is 0 Å². The maximum Gasteiger partial charge on any atom is 0.161 e. The molecule has 0 saturated heterocycles. The van der Waals surface area contributed by atoms with E-state index in [0.29, 0.717) is 5.56 Å². The zero-order valence-corrected chi connectivity index (χ0v) is 9.16. The third-order valence-electron chi connectivity index (χ3n) is 2.04. The Labute approximate surface area is 90.2 Å². The number of aromatic nitrogens is 1. The first kappa shape index (κ1) is 11.6. The summed E-state index contributed by atoms with van der Waals surface area (Å²) in [5.41, 5.74) is 1.54. The van der Waals surface area contributed by atoms with Crippen LogP contribution in [0.15, 0.2) is 24.4 Å². The summed E-state index contributed by atoms with van der Waals surface area (Å²) in [6.45, 7) is 2.50. The minimum Gasteiger partial charge on any atom is -0.319 e. The molecule has 0 amide bonds. The molecule has 0 radical (unpaired) electrons. The Morgan fingerprint density at radius 3 is 2.87 bits per heavy atom. The maximum absolute atomic E-state index is 11.0. The number of carbonyl (C=O) groups excluding carboxylic acids is 1. The number of hydrogen-bond donors (Lipinski definition) is 1. The minimum absolute atomic E-state index is 0.0493. The topological polar surface area (TPSA) is 42.0 Å². The molecule has 0 spiro atoms. The molecule has 0 aromatic carbocycles. The molecule has 80 valence electrons. The number of rotatable bonds is 5. The lowest BCUT2D eigenvalue weighted by Crippen LogP contribution is -2.05. The molecule has 15 heavy (non-hydrogen) atoms. The lowest BCUT2D eigenvalue weighted by atomic mass is 10.2. The fourth-order valence-electron chi connectivity index (χ4n) is 1.14. The molecule has 0 aliphatic rings. The van der Waals surface area contributed by atoms with Crippen LogP contribution in [-0.4, -0.2) is 24.4 Å². The second-order valence-electron chi connectivity index (χ2n) is 3.32. The van der Waals surface area contributed by atoms with E-state index in [1.54, 1.807) is 19.2 Å². The molecular weight excluding hydrogens is 188 g/mol. The van der Waals surface area contributed by atoms with Crippen LogP contribution in [0, 0.1) is 0 Å². The van der Waals surface area contributed by atoms with Crippen LogP contribution in [0.2, 0.25) is 0 Å². The minimum atomic E-state index is 0.0493. The Morgan fingerprint density at radius 2 is 2.33 bits per heavy atom. The first-order chi connectivity index (χ1) is 7.24. The van der Waals surface area contributed by atoms with Gasteiger partial charge in [-0.15, -0.1) is 0 Å². The maximum atomic E-state index is 11.0. The monoisotopic (exact) mass is 204 g/mol. The van der Waals surface area contributed by atoms with Crippen molar-refractivity contribution in [2.75, 3.05) is 13.6 Å². The van der Waals surface area contributed by atoms with Gasteiger partial charge in [-0.1, -0.05) is 6.08 Å². The molecule has 1 aromatic heterocycles. The predicted octanol–water partition coefficient (Wildman–Crippen LogP) is 1.91. The predicted molar refractivity (Wildman–Crippen MR) is 61.8 cm³/mol. The zero-order valence-electron chi connectivity index (χ0n) is 9.16. The Kier molecular flexibility index (Phi) is 4.71. The van der Waals surface area contributed by atoms with Crippen molar-refractivity contribution in [1.29, 1.82) is 0 Å². The van der Waals surface area contributed by atoms with Gasteiger partial charge in [0.2, 0.25) is 0 Å². The highest BCUT2D eigenvalue weighted by Crippen LogP contribution is 2.03. The van der Waals surface area contributed by atoms with Crippen LogP contribution in [0.3, 0.4) is 0 Å². The van der Waals surface area contributed by atoms with Gasteiger partial charge in [-0.05, 0) is 45.1 Å². The molecule has 0 saturated carbocycles. The lowest BCUT2D eigenvalue weighted by Gasteiger charge is -1.96. The molecular formula is C12H16N2O. The summed E-state index contributed by atoms with van der Waals surface area (Å²) in [4.78, 5) is 15.2. The summed E-state index contributed by atoms with van der Waals surface area (Å²) in [7, 11) is 1.92. The van der Waals surface area contributed by atoms with E-state index in [1.165, 1.54) is 0 Å². The third-order valence-corrected chi connectivity index (χ3v) is 2.04. The van der Waals surface area contributed by atoms with Gasteiger partial charge in [0.05, 0.1) is 5.69 Å². The van der Waals surface area contributed by atoms with Crippen molar-refractivity contribution >= 4 is 11.9 Å². The van der Waals surface area contributed by atoms with Crippen LogP contribution < -0.4 is 5.32 Å². The van der Waals surface area contributed by atoms with Crippen molar-refractivity contribution in [3.63, 3.8) is 0 Å². The quantitative estimate of drug-likeness (QED) is 0.588. The largest absolute Gasteiger partial charge is 0.319 e. The second-order valence-corrected chi connectivity index (χ2v) is 3.32. The lowest BCUT2D eigenvalue weighted by molar-refractivity contribution is 0.101. The molecule has 0 atom stereocenters. The average molecular weight is 204 g/mol. The first-order valence-corrected chi connectivity index (χ1v) is 5.02. The van der Waals surface area contributed by atoms with E-state index < -0.39 is 0 Å². The van der Waals surface area contributed by atoms with E-state index in [9.17, 15) is 4.79 Å².